The van der Waals surface area contributed by atoms with Crippen LogP contribution in [0.5, 0.6) is 0 Å². The average molecular weight is 472 g/mol. The maximum absolute atomic E-state index is 11.5. The number of benzene rings is 1. The number of carbonyl (C=O) groups is 1. The second kappa shape index (κ2) is 17.7. The van der Waals surface area contributed by atoms with Crippen LogP contribution in [0.15, 0.2) is 18.2 Å². The highest BCUT2D eigenvalue weighted by Gasteiger charge is 2.18. The topological polar surface area (TPSA) is 152 Å². The number of nitrogens with zero attached hydrogens (tertiary/aromatic N) is 2. The molecule has 0 radical (unpaired) electrons. The molecular weight excluding hydrogens is 438 g/mol. The quantitative estimate of drug-likeness (QED) is 0.129. The van der Waals surface area contributed by atoms with Crippen LogP contribution < -0.4 is 5.32 Å². The van der Waals surface area contributed by atoms with Gasteiger partial charge in [0.05, 0.1) is 55.6 Å². The van der Waals surface area contributed by atoms with E-state index >= 15 is 0 Å². The van der Waals surface area contributed by atoms with E-state index in [1.807, 2.05) is 0 Å². The van der Waals surface area contributed by atoms with Crippen LogP contribution in [0, 0.1) is 20.2 Å². The van der Waals surface area contributed by atoms with Gasteiger partial charge >= 0.3 is 5.97 Å². The number of nitrogens with one attached hydrogen (secondary N) is 1. The van der Waals surface area contributed by atoms with Crippen LogP contribution in [0.25, 0.3) is 0 Å². The van der Waals surface area contributed by atoms with E-state index in [4.69, 9.17) is 18.9 Å². The summed E-state index contributed by atoms with van der Waals surface area (Å²) in [6.07, 6.45) is 4.61. The molecule has 0 heterocycles. The Labute approximate surface area is 192 Å². The second-order valence-electron chi connectivity index (χ2n) is 7.01. The van der Waals surface area contributed by atoms with Crippen molar-refractivity contribution >= 4 is 23.0 Å². The van der Waals surface area contributed by atoms with Crippen LogP contribution in [0.1, 0.15) is 39.0 Å². The van der Waals surface area contributed by atoms with Gasteiger partial charge in [0, 0.05) is 19.0 Å². The summed E-state index contributed by atoms with van der Waals surface area (Å²) >= 11 is 0. The fraction of sp³-hybridized carbons (Fsp3) is 0.667. The Morgan fingerprint density at radius 2 is 1.52 bits per heavy atom. The van der Waals surface area contributed by atoms with Gasteiger partial charge in [0.15, 0.2) is 0 Å². The zero-order valence-electron chi connectivity index (χ0n) is 19.0. The molecule has 12 nitrogen and oxygen atoms in total. The van der Waals surface area contributed by atoms with Gasteiger partial charge in [0.25, 0.3) is 11.4 Å². The molecule has 33 heavy (non-hydrogen) atoms. The van der Waals surface area contributed by atoms with Gasteiger partial charge in [-0.1, -0.05) is 26.2 Å². The lowest BCUT2D eigenvalue weighted by Crippen LogP contribution is -2.15. The van der Waals surface area contributed by atoms with Gasteiger partial charge in [0.2, 0.25) is 0 Å². The molecule has 1 rings (SSSR count). The summed E-state index contributed by atoms with van der Waals surface area (Å²) < 4.78 is 21.1. The van der Waals surface area contributed by atoms with Gasteiger partial charge in [-0.3, -0.25) is 25.0 Å². The molecule has 0 saturated carbocycles. The Hall–Kier alpha value is -2.83. The monoisotopic (exact) mass is 471 g/mol. The van der Waals surface area contributed by atoms with Crippen molar-refractivity contribution in [3.05, 3.63) is 38.4 Å². The molecule has 0 saturated heterocycles. The van der Waals surface area contributed by atoms with E-state index in [1.165, 1.54) is 12.1 Å². The highest BCUT2D eigenvalue weighted by Crippen LogP contribution is 2.28. The van der Waals surface area contributed by atoms with Crippen LogP contribution >= 0.6 is 0 Å². The first-order valence-electron chi connectivity index (χ1n) is 11.0. The summed E-state index contributed by atoms with van der Waals surface area (Å²) in [6.45, 7) is 4.68. The third kappa shape index (κ3) is 13.3. The molecule has 0 bridgehead atoms. The number of anilines is 1. The average Bonchev–Trinajstić information content (AvgIpc) is 2.79. The maximum atomic E-state index is 11.5. The van der Waals surface area contributed by atoms with Crippen LogP contribution in [-0.2, 0) is 23.7 Å². The number of rotatable bonds is 20. The number of nitro groups is 2. The highest BCUT2D eigenvalue weighted by molar-refractivity contribution is 5.69. The second-order valence-corrected chi connectivity index (χ2v) is 7.01. The number of non-ortho nitro benzene ring substituents is 1. The minimum Gasteiger partial charge on any atom is -0.463 e. The van der Waals surface area contributed by atoms with E-state index in [0.29, 0.717) is 46.0 Å². The van der Waals surface area contributed by atoms with Crippen molar-refractivity contribution in [1.82, 2.24) is 0 Å². The number of carbonyl (C=O) groups excluding carboxylic acids is 1. The van der Waals surface area contributed by atoms with Crippen LogP contribution in [0.3, 0.4) is 0 Å². The fourth-order valence-electron chi connectivity index (χ4n) is 2.72. The predicted octanol–water partition coefficient (Wildman–Crippen LogP) is 3.48. The van der Waals surface area contributed by atoms with Crippen molar-refractivity contribution in [1.29, 1.82) is 0 Å². The molecule has 12 heteroatoms. The Balaban J connectivity index is 1.98. The Morgan fingerprint density at radius 1 is 0.879 bits per heavy atom. The number of nitro benzene ring substituents is 2. The number of unbranched alkanes of at least 4 members (excludes halogenated alkanes) is 3. The van der Waals surface area contributed by atoms with Crippen molar-refractivity contribution in [2.24, 2.45) is 0 Å². The van der Waals surface area contributed by atoms with E-state index < -0.39 is 9.85 Å². The first-order chi connectivity index (χ1) is 16.0. The minimum absolute atomic E-state index is 0.185. The molecule has 0 aromatic heterocycles. The molecule has 0 spiro atoms. The largest absolute Gasteiger partial charge is 0.463 e. The van der Waals surface area contributed by atoms with Gasteiger partial charge in [0.1, 0.15) is 12.3 Å². The molecule has 0 fully saturated rings. The predicted molar refractivity (Wildman–Crippen MR) is 120 cm³/mol. The fourth-order valence-corrected chi connectivity index (χ4v) is 2.72. The summed E-state index contributed by atoms with van der Waals surface area (Å²) in [4.78, 5) is 31.9. The SMILES string of the molecule is CCCCCCC(=O)OCCOCCOCCOCCNc1ccc([N+](=O)[O-])cc1[N+](=O)[O-]. The molecular formula is C21H33N3O9. The van der Waals surface area contributed by atoms with Gasteiger partial charge in [-0.25, -0.2) is 0 Å². The number of esters is 1. The maximum Gasteiger partial charge on any atom is 0.305 e. The molecule has 1 N–H and O–H groups in total. The Kier molecular flexibility index (Phi) is 15.1. The number of hydrogen-bond acceptors (Lipinski definition) is 10. The van der Waals surface area contributed by atoms with Gasteiger partial charge in [-0.2, -0.15) is 0 Å². The van der Waals surface area contributed by atoms with Gasteiger partial charge in [-0.15, -0.1) is 0 Å². The third-order valence-corrected chi connectivity index (χ3v) is 4.42. The van der Waals surface area contributed by atoms with E-state index in [2.05, 4.69) is 12.2 Å². The van der Waals surface area contributed by atoms with Gasteiger partial charge < -0.3 is 24.3 Å². The van der Waals surface area contributed by atoms with E-state index in [-0.39, 0.29) is 36.2 Å². The van der Waals surface area contributed by atoms with Crippen molar-refractivity contribution in [2.75, 3.05) is 58.1 Å². The lowest BCUT2D eigenvalue weighted by molar-refractivity contribution is -0.393. The van der Waals surface area contributed by atoms with Crippen LogP contribution in [0.4, 0.5) is 17.1 Å². The Bertz CT molecular complexity index is 731. The first kappa shape index (κ1) is 28.2. The molecule has 1 aromatic carbocycles. The van der Waals surface area contributed by atoms with E-state index in [1.54, 1.807) is 0 Å². The molecule has 0 aliphatic carbocycles. The smallest absolute Gasteiger partial charge is 0.305 e. The molecule has 0 atom stereocenters. The van der Waals surface area contributed by atoms with Crippen molar-refractivity contribution in [3.8, 4) is 0 Å². The summed E-state index contributed by atoms with van der Waals surface area (Å²) in [5.41, 5.74) is -0.525. The first-order valence-corrected chi connectivity index (χ1v) is 11.0. The van der Waals surface area contributed by atoms with Gasteiger partial charge in [-0.05, 0) is 12.5 Å². The molecule has 1 aromatic rings. The van der Waals surface area contributed by atoms with Crippen LogP contribution in [0.2, 0.25) is 0 Å². The van der Waals surface area contributed by atoms with E-state index in [9.17, 15) is 25.0 Å². The summed E-state index contributed by atoms with van der Waals surface area (Å²) in [5.74, 6) is -0.194. The molecule has 0 aliphatic rings. The summed E-state index contributed by atoms with van der Waals surface area (Å²) in [5, 5.41) is 24.6. The van der Waals surface area contributed by atoms with Crippen molar-refractivity contribution in [2.45, 2.75) is 39.0 Å². The standard InChI is InChI=1S/C21H33N3O9/c1-2-3-4-5-6-21(25)33-16-15-32-14-13-31-12-11-30-10-9-22-19-8-7-18(23(26)27)17-20(19)24(28)29/h7-8,17,22H,2-6,9-16H2,1H3. The van der Waals surface area contributed by atoms with Crippen molar-refractivity contribution < 1.29 is 33.6 Å². The van der Waals surface area contributed by atoms with E-state index in [0.717, 1.165) is 31.7 Å². The number of ether oxygens (including phenoxy) is 4. The zero-order valence-corrected chi connectivity index (χ0v) is 19.0. The normalized spacial score (nSPS) is 10.7. The number of hydrogen-bond donors (Lipinski definition) is 1. The zero-order chi connectivity index (χ0) is 24.3. The lowest BCUT2D eigenvalue weighted by Gasteiger charge is -2.09. The minimum atomic E-state index is -0.684. The summed E-state index contributed by atoms with van der Waals surface area (Å²) in [6, 6.07) is 3.41. The molecule has 0 amide bonds. The van der Waals surface area contributed by atoms with Crippen LogP contribution in [-0.4, -0.2) is 68.6 Å². The highest BCUT2D eigenvalue weighted by atomic mass is 16.6. The molecule has 0 aliphatic heterocycles. The lowest BCUT2D eigenvalue weighted by atomic mass is 10.2. The molecule has 0 unspecified atom stereocenters. The third-order valence-electron chi connectivity index (χ3n) is 4.42. The molecule has 186 valence electrons. The Morgan fingerprint density at radius 3 is 2.12 bits per heavy atom. The van der Waals surface area contributed by atoms with Crippen molar-refractivity contribution in [3.63, 3.8) is 0 Å². The summed E-state index contributed by atoms with van der Waals surface area (Å²) in [7, 11) is 0.